The molecule has 3 atom stereocenters. The number of amides is 2. The first-order valence-electron chi connectivity index (χ1n) is 25.4. The Labute approximate surface area is 433 Å². The summed E-state index contributed by atoms with van der Waals surface area (Å²) < 4.78 is 25.7. The lowest BCUT2D eigenvalue weighted by molar-refractivity contribution is -0.724. The van der Waals surface area contributed by atoms with Gasteiger partial charge in [-0.15, -0.1) is 0 Å². The van der Waals surface area contributed by atoms with E-state index in [4.69, 9.17) is 19.7 Å². The predicted octanol–water partition coefficient (Wildman–Crippen LogP) is 6.59. The minimum atomic E-state index is -1.16. The molecular formula is C56H60FN14O4+. The number of halogens is 1. The monoisotopic (exact) mass is 1010 g/mol. The smallest absolute Gasteiger partial charge is 0.254 e. The van der Waals surface area contributed by atoms with Crippen molar-refractivity contribution >= 4 is 51.8 Å². The van der Waals surface area contributed by atoms with Crippen molar-refractivity contribution in [2.75, 3.05) is 70.0 Å². The molecule has 8 aromatic rings. The van der Waals surface area contributed by atoms with Gasteiger partial charge in [-0.3, -0.25) is 18.4 Å². The number of aromatic nitrogens is 7. The number of ether oxygens (including phenoxy) is 1. The SMILES string of the molecule is CN(C)Cc1nc(Nc2ccc(-c3cnc4c[n+](C5CN(c6ccc(Nc7ccc(-c8cnc9cc(F)ccn89)c8c7C(=O)NC8)nc6)C[C@](O)(C(C)(C)N(C)C)C5)ccn34)c3c2C(=O)NC3)ccc1[C@@H]1CCOC1. The number of hydrogen-bond donors (Lipinski definition) is 5. The molecule has 0 aliphatic carbocycles. The number of hydrogen-bond acceptors (Lipinski definition) is 13. The third kappa shape index (κ3) is 8.48. The molecule has 1 unspecified atom stereocenters. The fourth-order valence-electron chi connectivity index (χ4n) is 11.4. The highest BCUT2D eigenvalue weighted by atomic mass is 19.1. The Morgan fingerprint density at radius 2 is 1.51 bits per heavy atom. The Hall–Kier alpha value is -7.84. The largest absolute Gasteiger partial charge is 0.386 e. The van der Waals surface area contributed by atoms with Gasteiger partial charge < -0.3 is 45.8 Å². The fraction of sp³-hybridized carbons (Fsp3) is 0.339. The van der Waals surface area contributed by atoms with Gasteiger partial charge in [-0.05, 0) is 102 Å². The van der Waals surface area contributed by atoms with Crippen molar-refractivity contribution in [1.82, 2.24) is 49.2 Å². The third-order valence-electron chi connectivity index (χ3n) is 16.1. The highest BCUT2D eigenvalue weighted by molar-refractivity contribution is 6.07. The van der Waals surface area contributed by atoms with Crippen LogP contribution in [0.2, 0.25) is 0 Å². The molecule has 0 bridgehead atoms. The highest BCUT2D eigenvalue weighted by Gasteiger charge is 2.52. The van der Waals surface area contributed by atoms with E-state index in [9.17, 15) is 19.1 Å². The Bertz CT molecular complexity index is 3570. The molecule has 10 heterocycles. The van der Waals surface area contributed by atoms with Gasteiger partial charge in [0.2, 0.25) is 11.8 Å². The van der Waals surface area contributed by atoms with E-state index in [-0.39, 0.29) is 23.7 Å². The summed E-state index contributed by atoms with van der Waals surface area (Å²) in [4.78, 5) is 52.5. The summed E-state index contributed by atoms with van der Waals surface area (Å²) in [5.41, 5.74) is 9.90. The van der Waals surface area contributed by atoms with Crippen LogP contribution < -0.4 is 30.7 Å². The molecule has 0 saturated carbocycles. The standard InChI is InChI=1S/C56H59FN14O4/c1-55(2,67(5)6)56(74)22-36(28-69(32-56)35-7-13-47(58-23-35)63-42-11-8-38(40-24-61-53(72)51(40)42)45-26-59-49-21-34(57)15-17-70(45)49)68-18-19-71-46(27-60-50(71)30-68)39-9-12-43(52-41(39)25-62-54(52)73)64-48-14-10-37(33-16-20-75-31-33)44(65-48)29-66(3)4/h7-15,17-19,21,23,26-27,30,33,36,74H,16,20,22,24-25,28-29,31-32H2,1-6H3,(H3,58,61,62,63,72,73)/p+1/t33-,36?,56+/m1/s1. The van der Waals surface area contributed by atoms with E-state index in [0.717, 1.165) is 63.7 Å². The van der Waals surface area contributed by atoms with Crippen LogP contribution in [-0.4, -0.2) is 121 Å². The van der Waals surface area contributed by atoms with Crippen molar-refractivity contribution in [3.8, 4) is 22.5 Å². The molecule has 75 heavy (non-hydrogen) atoms. The molecule has 12 rings (SSSR count). The van der Waals surface area contributed by atoms with Crippen LogP contribution in [0.25, 0.3) is 33.8 Å². The van der Waals surface area contributed by atoms with Crippen LogP contribution in [0.1, 0.15) is 81.7 Å². The third-order valence-corrected chi connectivity index (χ3v) is 16.1. The maximum atomic E-state index is 14.0. The number of benzene rings is 2. The zero-order chi connectivity index (χ0) is 51.9. The molecule has 19 heteroatoms. The molecule has 0 spiro atoms. The molecule has 4 aliphatic rings. The molecule has 6 aromatic heterocycles. The van der Waals surface area contributed by atoms with Crippen LogP contribution in [0.15, 0.2) is 104 Å². The van der Waals surface area contributed by atoms with E-state index >= 15 is 0 Å². The molecular weight excluding hydrogens is 952 g/mol. The van der Waals surface area contributed by atoms with E-state index < -0.39 is 11.1 Å². The van der Waals surface area contributed by atoms with Crippen molar-refractivity contribution in [1.29, 1.82) is 0 Å². The van der Waals surface area contributed by atoms with Crippen molar-refractivity contribution < 1.29 is 28.4 Å². The molecule has 0 radical (unpaired) electrons. The summed E-state index contributed by atoms with van der Waals surface area (Å²) >= 11 is 0. The van der Waals surface area contributed by atoms with Crippen LogP contribution in [0.4, 0.5) is 33.1 Å². The van der Waals surface area contributed by atoms with Gasteiger partial charge in [-0.2, -0.15) is 4.57 Å². The van der Waals surface area contributed by atoms with Gasteiger partial charge in [0.15, 0.2) is 12.2 Å². The second-order valence-corrected chi connectivity index (χ2v) is 21.3. The zero-order valence-corrected chi connectivity index (χ0v) is 42.9. The van der Waals surface area contributed by atoms with Gasteiger partial charge in [0, 0.05) is 74.1 Å². The normalized spacial score (nSPS) is 19.6. The topological polar surface area (TPSA) is 186 Å². The fourth-order valence-corrected chi connectivity index (χ4v) is 11.4. The predicted molar refractivity (Wildman–Crippen MR) is 283 cm³/mol. The van der Waals surface area contributed by atoms with E-state index in [1.165, 1.54) is 17.7 Å². The number of carbonyl (C=O) groups excluding carboxylic acids is 2. The number of rotatable bonds is 13. The summed E-state index contributed by atoms with van der Waals surface area (Å²) in [7, 11) is 8.06. The number of pyridine rings is 3. The number of fused-ring (bicyclic) bond motifs is 4. The summed E-state index contributed by atoms with van der Waals surface area (Å²) in [5, 5.41) is 25.7. The molecule has 2 saturated heterocycles. The second kappa shape index (κ2) is 18.5. The summed E-state index contributed by atoms with van der Waals surface area (Å²) in [6, 6.07) is 18.4. The first-order chi connectivity index (χ1) is 36.1. The maximum Gasteiger partial charge on any atom is 0.254 e. The van der Waals surface area contributed by atoms with Gasteiger partial charge in [-0.25, -0.2) is 24.3 Å². The zero-order valence-electron chi connectivity index (χ0n) is 42.9. The van der Waals surface area contributed by atoms with Gasteiger partial charge in [0.05, 0.1) is 83.2 Å². The van der Waals surface area contributed by atoms with Crippen molar-refractivity contribution in [3.05, 3.63) is 143 Å². The van der Waals surface area contributed by atoms with Crippen LogP contribution >= 0.6 is 0 Å². The Kier molecular flexibility index (Phi) is 11.9. The van der Waals surface area contributed by atoms with Crippen LogP contribution in [0, 0.1) is 5.82 Å². The number of nitrogens with one attached hydrogen (secondary N) is 4. The van der Waals surface area contributed by atoms with Crippen molar-refractivity contribution in [2.45, 2.75) is 69.4 Å². The summed E-state index contributed by atoms with van der Waals surface area (Å²) in [6.07, 6.45) is 14.5. The average Bonchev–Trinajstić information content (AvgIpc) is 4.26. The minimum absolute atomic E-state index is 0.144. The second-order valence-electron chi connectivity index (χ2n) is 21.3. The minimum Gasteiger partial charge on any atom is -0.386 e. The molecule has 4 aliphatic heterocycles. The number of piperidine rings is 1. The number of likely N-dealkylation sites (N-methyl/N-ethyl adjacent to an activating group) is 1. The number of β-amino-alcohol motifs (C(OH)–C–C–N with tert-alkyl or cyclic N) is 1. The van der Waals surface area contributed by atoms with E-state index in [1.807, 2.05) is 104 Å². The first-order valence-corrected chi connectivity index (χ1v) is 25.4. The van der Waals surface area contributed by atoms with Crippen LogP contribution in [-0.2, 0) is 24.4 Å². The van der Waals surface area contributed by atoms with E-state index in [2.05, 4.69) is 65.4 Å². The molecule has 384 valence electrons. The summed E-state index contributed by atoms with van der Waals surface area (Å²) in [6.45, 7) is 7.95. The molecule has 5 N–H and O–H groups in total. The molecule has 2 aromatic carbocycles. The number of imidazole rings is 2. The molecule has 2 fully saturated rings. The Balaban J connectivity index is 0.810. The van der Waals surface area contributed by atoms with Crippen LogP contribution in [0.5, 0.6) is 0 Å². The van der Waals surface area contributed by atoms with Crippen LogP contribution in [0.3, 0.4) is 0 Å². The highest BCUT2D eigenvalue weighted by Crippen LogP contribution is 2.41. The van der Waals surface area contributed by atoms with E-state index in [0.29, 0.717) is 91.5 Å². The van der Waals surface area contributed by atoms with Gasteiger partial charge in [-0.1, -0.05) is 18.2 Å². The van der Waals surface area contributed by atoms with Gasteiger partial charge in [0.25, 0.3) is 11.8 Å². The lowest BCUT2D eigenvalue weighted by atomic mass is 9.74. The maximum absolute atomic E-state index is 14.0. The molecule has 18 nitrogen and oxygen atoms in total. The van der Waals surface area contributed by atoms with Crippen molar-refractivity contribution in [2.24, 2.45) is 0 Å². The van der Waals surface area contributed by atoms with Gasteiger partial charge >= 0.3 is 0 Å². The van der Waals surface area contributed by atoms with E-state index in [1.54, 1.807) is 18.6 Å². The average molecular weight is 1010 g/mol. The molecule has 2 amide bonds. The van der Waals surface area contributed by atoms with Crippen molar-refractivity contribution in [3.63, 3.8) is 0 Å². The lowest BCUT2D eigenvalue weighted by Gasteiger charge is -2.52. The Morgan fingerprint density at radius 1 is 0.840 bits per heavy atom. The Morgan fingerprint density at radius 3 is 2.15 bits per heavy atom. The number of nitrogens with zero attached hydrogens (tertiary/aromatic N) is 10. The lowest BCUT2D eigenvalue weighted by Crippen LogP contribution is -2.69. The number of aliphatic hydroxyl groups is 1. The number of anilines is 5. The summed E-state index contributed by atoms with van der Waals surface area (Å²) in [5.74, 6) is 0.830. The van der Waals surface area contributed by atoms with Gasteiger partial charge in [0.1, 0.15) is 28.7 Å². The number of carbonyl (C=O) groups is 2. The quantitative estimate of drug-likeness (QED) is 0.0780. The first kappa shape index (κ1) is 48.1.